The Balaban J connectivity index is 2.93. The minimum Gasteiger partial charge on any atom is -0.480 e. The molecule has 2 N–H and O–H groups in total. The quantitative estimate of drug-likeness (QED) is 0.623. The molecule has 0 aliphatic carbocycles. The van der Waals surface area contributed by atoms with Crippen LogP contribution in [0.5, 0.6) is 0 Å². The zero-order valence-electron chi connectivity index (χ0n) is 13.9. The second-order valence-corrected chi connectivity index (χ2v) is 7.10. The number of hydrogen-bond acceptors (Lipinski definition) is 5. The van der Waals surface area contributed by atoms with Crippen molar-refractivity contribution in [2.24, 2.45) is 0 Å². The topological polar surface area (TPSA) is 113 Å². The zero-order valence-corrected chi connectivity index (χ0v) is 14.7. The Bertz CT molecular complexity index is 670. The van der Waals surface area contributed by atoms with Crippen LogP contribution in [-0.4, -0.2) is 63.1 Å². The maximum atomic E-state index is 12.4. The number of ether oxygens (including phenoxy) is 1. The maximum Gasteiger partial charge on any atom is 0.323 e. The number of nitrogens with one attached hydrogen (secondary N) is 1. The van der Waals surface area contributed by atoms with Gasteiger partial charge in [-0.15, -0.1) is 0 Å². The molecule has 1 amide bonds. The van der Waals surface area contributed by atoms with Gasteiger partial charge in [0.25, 0.3) is 5.91 Å². The van der Waals surface area contributed by atoms with Crippen molar-refractivity contribution in [1.29, 1.82) is 0 Å². The van der Waals surface area contributed by atoms with Gasteiger partial charge in [-0.3, -0.25) is 9.59 Å². The number of amides is 1. The molecule has 0 spiro atoms. The summed E-state index contributed by atoms with van der Waals surface area (Å²) in [5.74, 6) is -1.58. The van der Waals surface area contributed by atoms with E-state index in [1.54, 1.807) is 13.8 Å². The van der Waals surface area contributed by atoms with E-state index in [4.69, 9.17) is 9.84 Å². The monoisotopic (exact) mass is 358 g/mol. The molecule has 0 saturated heterocycles. The van der Waals surface area contributed by atoms with Crippen molar-refractivity contribution in [3.63, 3.8) is 0 Å². The lowest BCUT2D eigenvalue weighted by molar-refractivity contribution is -0.138. The Morgan fingerprint density at radius 1 is 1.25 bits per heavy atom. The molecule has 0 unspecified atom stereocenters. The van der Waals surface area contributed by atoms with Gasteiger partial charge in [0.1, 0.15) is 6.54 Å². The highest BCUT2D eigenvalue weighted by Gasteiger charge is 2.22. The first-order valence-electron chi connectivity index (χ1n) is 7.30. The molecule has 0 aliphatic rings. The predicted octanol–water partition coefficient (Wildman–Crippen LogP) is 0.547. The van der Waals surface area contributed by atoms with E-state index >= 15 is 0 Å². The first-order chi connectivity index (χ1) is 11.2. The zero-order chi connectivity index (χ0) is 18.3. The molecule has 1 rings (SSSR count). The van der Waals surface area contributed by atoms with Crippen molar-refractivity contribution in [2.75, 3.05) is 26.8 Å². The van der Waals surface area contributed by atoms with Gasteiger partial charge in [0.2, 0.25) is 10.0 Å². The summed E-state index contributed by atoms with van der Waals surface area (Å²) in [6.45, 7) is 3.38. The molecule has 8 nitrogen and oxygen atoms in total. The maximum absolute atomic E-state index is 12.4. The van der Waals surface area contributed by atoms with E-state index in [9.17, 15) is 18.0 Å². The number of hydrogen-bond donors (Lipinski definition) is 2. The molecule has 0 aromatic heterocycles. The lowest BCUT2D eigenvalue weighted by Gasteiger charge is -2.25. The van der Waals surface area contributed by atoms with E-state index in [0.717, 1.165) is 0 Å². The van der Waals surface area contributed by atoms with Crippen LogP contribution in [0.1, 0.15) is 24.2 Å². The number of rotatable bonds is 9. The van der Waals surface area contributed by atoms with Crippen LogP contribution in [-0.2, 0) is 19.6 Å². The molecular formula is C15H22N2O6S. The van der Waals surface area contributed by atoms with Crippen LogP contribution in [0.25, 0.3) is 0 Å². The normalized spacial score (nSPS) is 11.5. The molecule has 0 radical (unpaired) electrons. The SMILES string of the molecule is COCCNS(=O)(=O)c1ccc(C(=O)N(CC(=O)O)C(C)C)cc1. The molecule has 134 valence electrons. The Morgan fingerprint density at radius 2 is 1.83 bits per heavy atom. The number of sulfonamides is 1. The molecule has 0 saturated carbocycles. The summed E-state index contributed by atoms with van der Waals surface area (Å²) in [6.07, 6.45) is 0. The largest absolute Gasteiger partial charge is 0.480 e. The fraction of sp³-hybridized carbons (Fsp3) is 0.467. The molecule has 0 bridgehead atoms. The number of aliphatic carboxylic acids is 1. The minimum atomic E-state index is -3.68. The van der Waals surface area contributed by atoms with Crippen LogP contribution in [0, 0.1) is 0 Å². The van der Waals surface area contributed by atoms with Crippen molar-refractivity contribution in [1.82, 2.24) is 9.62 Å². The van der Waals surface area contributed by atoms with Gasteiger partial charge in [-0.25, -0.2) is 13.1 Å². The van der Waals surface area contributed by atoms with Gasteiger partial charge in [-0.1, -0.05) is 0 Å². The van der Waals surface area contributed by atoms with Crippen molar-refractivity contribution < 1.29 is 27.9 Å². The van der Waals surface area contributed by atoms with Crippen LogP contribution in [0.3, 0.4) is 0 Å². The fourth-order valence-corrected chi connectivity index (χ4v) is 2.95. The van der Waals surface area contributed by atoms with Crippen LogP contribution in [0.15, 0.2) is 29.2 Å². The molecule has 1 aromatic rings. The van der Waals surface area contributed by atoms with E-state index in [1.165, 1.54) is 36.3 Å². The number of carbonyl (C=O) groups excluding carboxylic acids is 1. The van der Waals surface area contributed by atoms with Crippen molar-refractivity contribution in [3.05, 3.63) is 29.8 Å². The summed E-state index contributed by atoms with van der Waals surface area (Å²) in [5.41, 5.74) is 0.223. The molecule has 0 aliphatic heterocycles. The summed E-state index contributed by atoms with van der Waals surface area (Å²) < 4.78 is 31.2. The average Bonchev–Trinajstić information content (AvgIpc) is 2.52. The number of nitrogens with zero attached hydrogens (tertiary/aromatic N) is 1. The Kier molecular flexibility index (Phi) is 7.33. The highest BCUT2D eigenvalue weighted by molar-refractivity contribution is 7.89. The van der Waals surface area contributed by atoms with Gasteiger partial charge >= 0.3 is 5.97 Å². The predicted molar refractivity (Wildman–Crippen MR) is 87.3 cm³/mol. The number of carboxylic acid groups (broad SMARTS) is 1. The van der Waals surface area contributed by atoms with E-state index < -0.39 is 28.4 Å². The third-order valence-electron chi connectivity index (χ3n) is 3.20. The van der Waals surface area contributed by atoms with Crippen LogP contribution >= 0.6 is 0 Å². The Morgan fingerprint density at radius 3 is 2.29 bits per heavy atom. The van der Waals surface area contributed by atoms with Crippen LogP contribution < -0.4 is 4.72 Å². The highest BCUT2D eigenvalue weighted by atomic mass is 32.2. The molecule has 9 heteroatoms. The van der Waals surface area contributed by atoms with Crippen molar-refractivity contribution >= 4 is 21.9 Å². The first-order valence-corrected chi connectivity index (χ1v) is 8.78. The molecule has 1 aromatic carbocycles. The van der Waals surface area contributed by atoms with E-state index in [-0.39, 0.29) is 29.7 Å². The summed E-state index contributed by atoms with van der Waals surface area (Å²) in [4.78, 5) is 24.5. The van der Waals surface area contributed by atoms with Gasteiger partial charge in [-0.05, 0) is 38.1 Å². The Hall–Kier alpha value is -1.97. The molecule has 0 fully saturated rings. The smallest absolute Gasteiger partial charge is 0.323 e. The number of carboxylic acids is 1. The highest BCUT2D eigenvalue weighted by Crippen LogP contribution is 2.13. The van der Waals surface area contributed by atoms with E-state index in [2.05, 4.69) is 4.72 Å². The average molecular weight is 358 g/mol. The van der Waals surface area contributed by atoms with Gasteiger partial charge in [-0.2, -0.15) is 0 Å². The molecule has 24 heavy (non-hydrogen) atoms. The van der Waals surface area contributed by atoms with Gasteiger partial charge in [0.15, 0.2) is 0 Å². The number of benzene rings is 1. The van der Waals surface area contributed by atoms with E-state index in [0.29, 0.717) is 0 Å². The summed E-state index contributed by atoms with van der Waals surface area (Å²) in [6, 6.07) is 5.05. The van der Waals surface area contributed by atoms with Crippen LogP contribution in [0.2, 0.25) is 0 Å². The lowest BCUT2D eigenvalue weighted by atomic mass is 10.1. The van der Waals surface area contributed by atoms with E-state index in [1.807, 2.05) is 0 Å². The number of carbonyl (C=O) groups is 2. The summed E-state index contributed by atoms with van der Waals surface area (Å²) >= 11 is 0. The number of methoxy groups -OCH3 is 1. The van der Waals surface area contributed by atoms with Crippen LogP contribution in [0.4, 0.5) is 0 Å². The summed E-state index contributed by atoms with van der Waals surface area (Å²) in [7, 11) is -2.21. The third kappa shape index (κ3) is 5.59. The second kappa shape index (κ2) is 8.76. The lowest BCUT2D eigenvalue weighted by Crippen LogP contribution is -2.40. The fourth-order valence-electron chi connectivity index (χ4n) is 1.94. The molecular weight excluding hydrogens is 336 g/mol. The standard InChI is InChI=1S/C15H22N2O6S/c1-11(2)17(10-14(18)19)15(20)12-4-6-13(7-5-12)24(21,22)16-8-9-23-3/h4-7,11,16H,8-10H2,1-3H3,(H,18,19). The third-order valence-corrected chi connectivity index (χ3v) is 4.68. The molecule has 0 heterocycles. The van der Waals surface area contributed by atoms with Gasteiger partial charge in [0.05, 0.1) is 11.5 Å². The molecule has 0 atom stereocenters. The first kappa shape index (κ1) is 20.1. The van der Waals surface area contributed by atoms with Crippen molar-refractivity contribution in [2.45, 2.75) is 24.8 Å². The minimum absolute atomic E-state index is 0.0180. The Labute approximate surface area is 141 Å². The van der Waals surface area contributed by atoms with Gasteiger partial charge < -0.3 is 14.7 Å². The second-order valence-electron chi connectivity index (χ2n) is 5.34. The van der Waals surface area contributed by atoms with Crippen molar-refractivity contribution in [3.8, 4) is 0 Å². The van der Waals surface area contributed by atoms with Gasteiger partial charge in [0, 0.05) is 25.3 Å². The summed E-state index contributed by atoms with van der Waals surface area (Å²) in [5, 5.41) is 8.89.